The normalized spacial score (nSPS) is 22.4. The molecule has 1 amide bonds. The fraction of sp³-hybridized carbons (Fsp3) is 0.400. The third-order valence-electron chi connectivity index (χ3n) is 5.53. The summed E-state index contributed by atoms with van der Waals surface area (Å²) in [5.74, 6) is -5.30. The lowest BCUT2D eigenvalue weighted by molar-refractivity contribution is -0.172. The standard InChI is InChI=1S/C25H28N2O9/c1-13(2)23(30)36-21-14(3)35-24(31)16(12-34-25(32)18(21)15-8-6-5-7-9-15)27-22(29)19-20(28)17(33-4)10-11-26-19/h5-11,13-14,16,18,21,28H,12H2,1-4H3,(H,27,29)/t14?,16-,18+,21-/m0/s1. The van der Waals surface area contributed by atoms with E-state index in [4.69, 9.17) is 18.9 Å². The molecule has 2 aromatic rings. The number of cyclic esters (lactones) is 2. The van der Waals surface area contributed by atoms with Crippen molar-refractivity contribution in [2.75, 3.05) is 13.7 Å². The minimum Gasteiger partial charge on any atom is -0.503 e. The van der Waals surface area contributed by atoms with Gasteiger partial charge in [-0.2, -0.15) is 0 Å². The minimum absolute atomic E-state index is 0.00718. The number of hydrogen-bond acceptors (Lipinski definition) is 10. The molecular formula is C25H28N2O9. The number of nitrogens with zero attached hydrogens (tertiary/aromatic N) is 1. The van der Waals surface area contributed by atoms with E-state index >= 15 is 0 Å². The molecule has 1 aliphatic heterocycles. The van der Waals surface area contributed by atoms with Crippen molar-refractivity contribution in [3.05, 3.63) is 53.9 Å². The molecule has 1 unspecified atom stereocenters. The summed E-state index contributed by atoms with van der Waals surface area (Å²) >= 11 is 0. The van der Waals surface area contributed by atoms with E-state index in [-0.39, 0.29) is 5.75 Å². The molecule has 3 rings (SSSR count). The molecule has 11 nitrogen and oxygen atoms in total. The highest BCUT2D eigenvalue weighted by molar-refractivity contribution is 5.98. The Morgan fingerprint density at radius 2 is 1.83 bits per heavy atom. The average Bonchev–Trinajstić information content (AvgIpc) is 2.89. The highest BCUT2D eigenvalue weighted by atomic mass is 16.6. The van der Waals surface area contributed by atoms with Crippen LogP contribution in [0, 0.1) is 5.92 Å². The van der Waals surface area contributed by atoms with Crippen LogP contribution in [-0.4, -0.2) is 65.9 Å². The fourth-order valence-corrected chi connectivity index (χ4v) is 3.58. The monoisotopic (exact) mass is 500 g/mol. The van der Waals surface area contributed by atoms with Crippen molar-refractivity contribution >= 4 is 23.8 Å². The second kappa shape index (κ2) is 11.5. The summed E-state index contributed by atoms with van der Waals surface area (Å²) in [6, 6.07) is 8.46. The smallest absolute Gasteiger partial charge is 0.332 e. The number of pyridine rings is 1. The lowest BCUT2D eigenvalue weighted by Crippen LogP contribution is -2.46. The molecule has 0 aliphatic carbocycles. The fourth-order valence-electron chi connectivity index (χ4n) is 3.58. The van der Waals surface area contributed by atoms with Crippen molar-refractivity contribution < 1.29 is 43.2 Å². The maximum absolute atomic E-state index is 13.2. The number of nitrogens with one attached hydrogen (secondary N) is 1. The maximum Gasteiger partial charge on any atom is 0.332 e. The van der Waals surface area contributed by atoms with Crippen LogP contribution in [0.2, 0.25) is 0 Å². The van der Waals surface area contributed by atoms with Crippen LogP contribution in [0.25, 0.3) is 0 Å². The minimum atomic E-state index is -1.42. The van der Waals surface area contributed by atoms with Gasteiger partial charge < -0.3 is 29.4 Å². The van der Waals surface area contributed by atoms with Gasteiger partial charge in [0.2, 0.25) is 0 Å². The Morgan fingerprint density at radius 1 is 1.14 bits per heavy atom. The van der Waals surface area contributed by atoms with E-state index in [9.17, 15) is 24.3 Å². The number of aromatic hydroxyl groups is 1. The van der Waals surface area contributed by atoms with Gasteiger partial charge in [0.05, 0.1) is 13.0 Å². The molecule has 2 heterocycles. The number of methoxy groups -OCH3 is 1. The van der Waals surface area contributed by atoms with Crippen molar-refractivity contribution in [3.8, 4) is 11.5 Å². The first-order chi connectivity index (χ1) is 17.1. The van der Waals surface area contributed by atoms with Crippen LogP contribution in [0.15, 0.2) is 42.6 Å². The van der Waals surface area contributed by atoms with Gasteiger partial charge in [0.15, 0.2) is 29.3 Å². The van der Waals surface area contributed by atoms with E-state index in [0.717, 1.165) is 0 Å². The predicted octanol–water partition coefficient (Wildman–Crippen LogP) is 1.73. The van der Waals surface area contributed by atoms with Crippen LogP contribution < -0.4 is 10.1 Å². The summed E-state index contributed by atoms with van der Waals surface area (Å²) < 4.78 is 21.5. The van der Waals surface area contributed by atoms with E-state index in [1.807, 2.05) is 0 Å². The average molecular weight is 501 g/mol. The number of carbonyl (C=O) groups excluding carboxylic acids is 4. The van der Waals surface area contributed by atoms with Gasteiger partial charge >= 0.3 is 17.9 Å². The van der Waals surface area contributed by atoms with Crippen LogP contribution in [0.5, 0.6) is 11.5 Å². The molecule has 1 saturated heterocycles. The van der Waals surface area contributed by atoms with Gasteiger partial charge in [-0.1, -0.05) is 44.2 Å². The summed E-state index contributed by atoms with van der Waals surface area (Å²) in [7, 11) is 1.30. The Balaban J connectivity index is 1.91. The molecule has 192 valence electrons. The zero-order chi connectivity index (χ0) is 26.4. The van der Waals surface area contributed by atoms with Gasteiger partial charge in [0, 0.05) is 12.3 Å². The first-order valence-corrected chi connectivity index (χ1v) is 11.3. The molecule has 0 radical (unpaired) electrons. The first kappa shape index (κ1) is 26.5. The van der Waals surface area contributed by atoms with Crippen LogP contribution in [0.1, 0.15) is 42.7 Å². The molecular weight excluding hydrogens is 472 g/mol. The molecule has 36 heavy (non-hydrogen) atoms. The van der Waals surface area contributed by atoms with Crippen molar-refractivity contribution in [3.63, 3.8) is 0 Å². The van der Waals surface area contributed by atoms with E-state index in [1.54, 1.807) is 44.2 Å². The summed E-state index contributed by atoms with van der Waals surface area (Å²) in [6.45, 7) is 4.20. The highest BCUT2D eigenvalue weighted by Gasteiger charge is 2.43. The first-order valence-electron chi connectivity index (χ1n) is 11.3. The summed E-state index contributed by atoms with van der Waals surface area (Å²) in [4.78, 5) is 55.2. The Labute approximate surface area is 207 Å². The number of carbonyl (C=O) groups is 4. The summed E-state index contributed by atoms with van der Waals surface area (Å²) in [5, 5.41) is 12.6. The molecule has 4 atom stereocenters. The number of rotatable bonds is 6. The topological polar surface area (TPSA) is 150 Å². The van der Waals surface area contributed by atoms with Crippen LogP contribution in [0.4, 0.5) is 0 Å². The van der Waals surface area contributed by atoms with Crippen LogP contribution in [-0.2, 0) is 28.6 Å². The largest absolute Gasteiger partial charge is 0.503 e. The predicted molar refractivity (Wildman–Crippen MR) is 124 cm³/mol. The number of amides is 1. The van der Waals surface area contributed by atoms with E-state index in [0.29, 0.717) is 5.56 Å². The number of aromatic nitrogens is 1. The van der Waals surface area contributed by atoms with Crippen molar-refractivity contribution in [2.24, 2.45) is 5.92 Å². The highest BCUT2D eigenvalue weighted by Crippen LogP contribution is 2.30. The van der Waals surface area contributed by atoms with E-state index < -0.39 is 72.0 Å². The van der Waals surface area contributed by atoms with Gasteiger partial charge in [-0.15, -0.1) is 0 Å². The lowest BCUT2D eigenvalue weighted by atomic mass is 9.90. The van der Waals surface area contributed by atoms with Crippen LogP contribution in [0.3, 0.4) is 0 Å². The molecule has 1 aliphatic rings. The number of benzene rings is 1. The SMILES string of the molecule is COc1ccnc(C(=O)N[C@H]2COC(=O)[C@H](c3ccccc3)[C@@H](OC(=O)C(C)C)C(C)OC2=O)c1O. The second-order valence-electron chi connectivity index (χ2n) is 8.45. The molecule has 0 spiro atoms. The molecule has 11 heteroatoms. The third kappa shape index (κ3) is 5.91. The molecule has 0 bridgehead atoms. The quantitative estimate of drug-likeness (QED) is 0.443. The molecule has 0 saturated carbocycles. The van der Waals surface area contributed by atoms with Gasteiger partial charge in [-0.3, -0.25) is 14.4 Å². The van der Waals surface area contributed by atoms with Crippen molar-refractivity contribution in [2.45, 2.75) is 44.9 Å². The molecule has 2 N–H and O–H groups in total. The maximum atomic E-state index is 13.2. The van der Waals surface area contributed by atoms with Gasteiger partial charge in [-0.25, -0.2) is 9.78 Å². The Morgan fingerprint density at radius 3 is 2.47 bits per heavy atom. The molecule has 1 aromatic carbocycles. The van der Waals surface area contributed by atoms with Gasteiger partial charge in [-0.05, 0) is 12.5 Å². The molecule has 1 fully saturated rings. The second-order valence-corrected chi connectivity index (χ2v) is 8.45. The van der Waals surface area contributed by atoms with Crippen molar-refractivity contribution in [1.82, 2.24) is 10.3 Å². The molecule has 1 aromatic heterocycles. The van der Waals surface area contributed by atoms with Crippen LogP contribution >= 0.6 is 0 Å². The number of hydrogen-bond donors (Lipinski definition) is 2. The zero-order valence-corrected chi connectivity index (χ0v) is 20.3. The van der Waals surface area contributed by atoms with E-state index in [2.05, 4.69) is 10.3 Å². The van der Waals surface area contributed by atoms with E-state index in [1.165, 1.54) is 26.3 Å². The van der Waals surface area contributed by atoms with Crippen molar-refractivity contribution in [1.29, 1.82) is 0 Å². The Kier molecular flexibility index (Phi) is 8.46. The number of esters is 3. The number of ether oxygens (including phenoxy) is 4. The Hall–Kier alpha value is -4.15. The van der Waals surface area contributed by atoms with Gasteiger partial charge in [0.25, 0.3) is 5.91 Å². The Bertz CT molecular complexity index is 1120. The summed E-state index contributed by atoms with van der Waals surface area (Å²) in [6.07, 6.45) is -1.01. The summed E-state index contributed by atoms with van der Waals surface area (Å²) in [5.41, 5.74) is 0.104. The lowest BCUT2D eigenvalue weighted by Gasteiger charge is -2.29. The zero-order valence-electron chi connectivity index (χ0n) is 20.3. The van der Waals surface area contributed by atoms with Gasteiger partial charge in [0.1, 0.15) is 18.6 Å². The third-order valence-corrected chi connectivity index (χ3v) is 5.53.